The lowest BCUT2D eigenvalue weighted by Gasteiger charge is -2.13. The third-order valence-corrected chi connectivity index (χ3v) is 5.94. The third kappa shape index (κ3) is 3.10. The number of aromatic nitrogens is 4. The van der Waals surface area contributed by atoms with E-state index in [1.54, 1.807) is 17.8 Å². The van der Waals surface area contributed by atoms with Crippen molar-refractivity contribution in [3.8, 4) is 0 Å². The first kappa shape index (κ1) is 16.4. The smallest absolute Gasteiger partial charge is 0.258 e. The van der Waals surface area contributed by atoms with Crippen LogP contribution < -0.4 is 5.56 Å². The highest BCUT2D eigenvalue weighted by atomic mass is 32.2. The highest BCUT2D eigenvalue weighted by molar-refractivity contribution is 7.99. The van der Waals surface area contributed by atoms with E-state index in [-0.39, 0.29) is 10.8 Å². The number of hydrogen-bond donors (Lipinski definition) is 1. The van der Waals surface area contributed by atoms with Gasteiger partial charge in [0.15, 0.2) is 0 Å². The van der Waals surface area contributed by atoms with Crippen LogP contribution in [-0.4, -0.2) is 19.9 Å². The van der Waals surface area contributed by atoms with Crippen LogP contribution in [0.3, 0.4) is 0 Å². The van der Waals surface area contributed by atoms with Gasteiger partial charge in [-0.25, -0.2) is 15.0 Å². The third-order valence-electron chi connectivity index (χ3n) is 4.83. The van der Waals surface area contributed by atoms with Gasteiger partial charge in [0.1, 0.15) is 16.7 Å². The van der Waals surface area contributed by atoms with E-state index >= 15 is 0 Å². The number of nitrogens with one attached hydrogen (secondary N) is 1. The van der Waals surface area contributed by atoms with Gasteiger partial charge in [0.25, 0.3) is 5.56 Å². The Morgan fingerprint density at radius 3 is 2.37 bits per heavy atom. The average Bonchev–Trinajstić information content (AvgIpc) is 3.53. The van der Waals surface area contributed by atoms with Gasteiger partial charge in [0.05, 0.1) is 21.7 Å². The van der Waals surface area contributed by atoms with Gasteiger partial charge >= 0.3 is 0 Å². The van der Waals surface area contributed by atoms with E-state index in [1.807, 2.05) is 43.3 Å². The summed E-state index contributed by atoms with van der Waals surface area (Å²) in [6.45, 7) is 2.05. The van der Waals surface area contributed by atoms with Gasteiger partial charge in [0, 0.05) is 11.3 Å². The van der Waals surface area contributed by atoms with E-state index in [2.05, 4.69) is 16.0 Å². The molecule has 5 rings (SSSR count). The fraction of sp³-hybridized carbons (Fsp3) is 0.238. The predicted octanol–water partition coefficient (Wildman–Crippen LogP) is 4.60. The number of rotatable bonds is 4. The highest BCUT2D eigenvalue weighted by Crippen LogP contribution is 2.41. The number of fused-ring (bicyclic) bond motifs is 2. The predicted molar refractivity (Wildman–Crippen MR) is 108 cm³/mol. The van der Waals surface area contributed by atoms with Crippen LogP contribution in [0.4, 0.5) is 0 Å². The molecule has 1 aliphatic carbocycles. The van der Waals surface area contributed by atoms with Crippen LogP contribution >= 0.6 is 11.8 Å². The Bertz CT molecular complexity index is 1220. The van der Waals surface area contributed by atoms with Crippen LogP contribution in [0.1, 0.15) is 42.6 Å². The molecule has 1 aliphatic rings. The van der Waals surface area contributed by atoms with E-state index < -0.39 is 0 Å². The van der Waals surface area contributed by atoms with Crippen molar-refractivity contribution in [1.82, 2.24) is 19.9 Å². The molecule has 1 fully saturated rings. The molecule has 27 heavy (non-hydrogen) atoms. The molecule has 6 heteroatoms. The maximum atomic E-state index is 12.4. The topological polar surface area (TPSA) is 71.5 Å². The molecule has 2 aromatic heterocycles. The molecule has 0 aliphatic heterocycles. The van der Waals surface area contributed by atoms with Crippen LogP contribution in [0, 0.1) is 0 Å². The van der Waals surface area contributed by atoms with Crippen LogP contribution in [0.25, 0.3) is 21.8 Å². The van der Waals surface area contributed by atoms with Gasteiger partial charge in [-0.2, -0.15) is 0 Å². The van der Waals surface area contributed by atoms with Crippen LogP contribution in [-0.2, 0) is 0 Å². The highest BCUT2D eigenvalue weighted by Gasteiger charge is 2.28. The average molecular weight is 374 g/mol. The molecule has 2 aromatic carbocycles. The maximum absolute atomic E-state index is 12.4. The molecular weight excluding hydrogens is 356 g/mol. The molecule has 2 heterocycles. The van der Waals surface area contributed by atoms with Gasteiger partial charge in [-0.15, -0.1) is 0 Å². The molecule has 0 amide bonds. The second-order valence-electron chi connectivity index (χ2n) is 6.91. The second-order valence-corrected chi connectivity index (χ2v) is 8.24. The zero-order valence-electron chi connectivity index (χ0n) is 14.8. The fourth-order valence-corrected chi connectivity index (χ4v) is 4.20. The standard InChI is InChI=1S/C21H18N4OS/c1-12(18-22-16-8-4-2-6-14(16)20(26)24-18)27-21-15-7-3-5-9-17(15)23-19(25-21)13-10-11-13/h2-9,12-13H,10-11H2,1H3,(H,22,24,26)/t12-/m0/s1. The van der Waals surface area contributed by atoms with Crippen LogP contribution in [0.15, 0.2) is 58.4 Å². The number of thioether (sulfide) groups is 1. The molecule has 0 bridgehead atoms. The molecule has 1 N–H and O–H groups in total. The number of hydrogen-bond acceptors (Lipinski definition) is 5. The number of nitrogens with zero attached hydrogens (tertiary/aromatic N) is 3. The van der Waals surface area contributed by atoms with Gasteiger partial charge in [0.2, 0.25) is 0 Å². The lowest BCUT2D eigenvalue weighted by atomic mass is 10.2. The molecule has 134 valence electrons. The van der Waals surface area contributed by atoms with Gasteiger partial charge in [-0.05, 0) is 38.0 Å². The number of benzene rings is 2. The minimum absolute atomic E-state index is 0.0346. The Morgan fingerprint density at radius 2 is 1.63 bits per heavy atom. The van der Waals surface area contributed by atoms with Gasteiger partial charge in [-0.1, -0.05) is 42.1 Å². The minimum Gasteiger partial charge on any atom is -0.309 e. The summed E-state index contributed by atoms with van der Waals surface area (Å²) in [5.74, 6) is 2.09. The molecule has 5 nitrogen and oxygen atoms in total. The summed E-state index contributed by atoms with van der Waals surface area (Å²) < 4.78 is 0. The van der Waals surface area contributed by atoms with E-state index in [0.717, 1.165) is 40.1 Å². The van der Waals surface area contributed by atoms with Crippen LogP contribution in [0.2, 0.25) is 0 Å². The van der Waals surface area contributed by atoms with Crippen LogP contribution in [0.5, 0.6) is 0 Å². The van der Waals surface area contributed by atoms with Crippen molar-refractivity contribution in [2.24, 2.45) is 0 Å². The normalized spacial score (nSPS) is 15.3. The van der Waals surface area contributed by atoms with Crippen molar-refractivity contribution in [2.75, 3.05) is 0 Å². The van der Waals surface area contributed by atoms with Crippen molar-refractivity contribution in [2.45, 2.75) is 36.0 Å². The maximum Gasteiger partial charge on any atom is 0.258 e. The van der Waals surface area contributed by atoms with E-state index in [4.69, 9.17) is 9.97 Å². The molecule has 0 radical (unpaired) electrons. The molecule has 0 spiro atoms. The monoisotopic (exact) mass is 374 g/mol. The molecule has 0 unspecified atom stereocenters. The number of aromatic amines is 1. The molecule has 4 aromatic rings. The lowest BCUT2D eigenvalue weighted by Crippen LogP contribution is -2.12. The Morgan fingerprint density at radius 1 is 0.963 bits per heavy atom. The Balaban J connectivity index is 1.56. The first-order valence-electron chi connectivity index (χ1n) is 9.11. The quantitative estimate of drug-likeness (QED) is 0.418. The Labute approximate surface area is 160 Å². The summed E-state index contributed by atoms with van der Waals surface area (Å²) in [4.78, 5) is 29.6. The Kier molecular flexibility index (Phi) is 3.93. The van der Waals surface area contributed by atoms with Crippen molar-refractivity contribution in [3.05, 3.63) is 70.5 Å². The van der Waals surface area contributed by atoms with Crippen molar-refractivity contribution in [3.63, 3.8) is 0 Å². The zero-order valence-corrected chi connectivity index (χ0v) is 15.7. The first-order chi connectivity index (χ1) is 13.2. The van der Waals surface area contributed by atoms with E-state index in [9.17, 15) is 4.79 Å². The molecule has 0 saturated heterocycles. The first-order valence-corrected chi connectivity index (χ1v) is 9.99. The summed E-state index contributed by atoms with van der Waals surface area (Å²) in [7, 11) is 0. The Hall–Kier alpha value is -2.73. The summed E-state index contributed by atoms with van der Waals surface area (Å²) in [5.41, 5.74) is 1.59. The summed E-state index contributed by atoms with van der Waals surface area (Å²) >= 11 is 1.62. The van der Waals surface area contributed by atoms with Gasteiger partial charge in [-0.3, -0.25) is 4.79 Å². The number of para-hydroxylation sites is 2. The molecule has 1 atom stereocenters. The zero-order chi connectivity index (χ0) is 18.4. The van der Waals surface area contributed by atoms with Gasteiger partial charge < -0.3 is 4.98 Å². The van der Waals surface area contributed by atoms with Crippen molar-refractivity contribution in [1.29, 1.82) is 0 Å². The number of H-pyrrole nitrogens is 1. The van der Waals surface area contributed by atoms with E-state index in [0.29, 0.717) is 17.1 Å². The minimum atomic E-state index is -0.103. The summed E-state index contributed by atoms with van der Waals surface area (Å²) in [6, 6.07) is 15.5. The second kappa shape index (κ2) is 6.46. The lowest BCUT2D eigenvalue weighted by molar-refractivity contribution is 0.890. The fourth-order valence-electron chi connectivity index (χ4n) is 3.20. The van der Waals surface area contributed by atoms with E-state index in [1.165, 1.54) is 0 Å². The SMILES string of the molecule is C[C@H](Sc1nc(C2CC2)nc2ccccc12)c1nc2ccccc2c(=O)[nH]1. The largest absolute Gasteiger partial charge is 0.309 e. The molecular formula is C21H18N4OS. The van der Waals surface area contributed by atoms with Crippen molar-refractivity contribution >= 4 is 33.6 Å². The van der Waals surface area contributed by atoms with Crippen molar-refractivity contribution < 1.29 is 0 Å². The summed E-state index contributed by atoms with van der Waals surface area (Å²) in [5, 5.41) is 2.57. The summed E-state index contributed by atoms with van der Waals surface area (Å²) in [6.07, 6.45) is 2.33. The molecule has 1 saturated carbocycles.